The van der Waals surface area contributed by atoms with E-state index in [0.717, 1.165) is 10.9 Å². The van der Waals surface area contributed by atoms with Gasteiger partial charge in [-0.15, -0.1) is 0 Å². The molecular weight excluding hydrogens is 364 g/mol. The minimum atomic E-state index is -0.193. The molecule has 2 aromatic heterocycles. The predicted octanol–water partition coefficient (Wildman–Crippen LogP) is 3.44. The quantitative estimate of drug-likeness (QED) is 0.402. The molecule has 0 aliphatic rings. The van der Waals surface area contributed by atoms with E-state index >= 15 is 0 Å². The number of benzene rings is 2. The molecule has 1 radical (unpaired) electrons. The molecule has 29 heavy (non-hydrogen) atoms. The van der Waals surface area contributed by atoms with Crippen LogP contribution in [0.4, 0.5) is 0 Å². The number of rotatable bonds is 4. The van der Waals surface area contributed by atoms with Crippen molar-refractivity contribution >= 4 is 10.8 Å². The largest absolute Gasteiger partial charge is 0.280 e. The standard InChI is InChI=1S/C23H17N4O2/c1-26-16-17(15-24-26)10-11-18-6-5-7-19-14-21(12-13-25-29)27(23(28)22(18)19)20-8-3-2-4-9-20/h2-9,12,14-16H,13H2,1H3. The highest BCUT2D eigenvalue weighted by Gasteiger charge is 2.13. The molecule has 0 aliphatic heterocycles. The molecule has 0 amide bonds. The molecule has 0 bridgehead atoms. The van der Waals surface area contributed by atoms with E-state index in [1.54, 1.807) is 21.9 Å². The average molecular weight is 381 g/mol. The van der Waals surface area contributed by atoms with Crippen molar-refractivity contribution in [2.24, 2.45) is 12.2 Å². The molecule has 0 fully saturated rings. The summed E-state index contributed by atoms with van der Waals surface area (Å²) in [5.74, 6) is 6.17. The van der Waals surface area contributed by atoms with Gasteiger partial charge in [-0.05, 0) is 29.7 Å². The molecule has 0 N–H and O–H groups in total. The van der Waals surface area contributed by atoms with Crippen molar-refractivity contribution in [3.8, 4) is 17.5 Å². The summed E-state index contributed by atoms with van der Waals surface area (Å²) in [5.41, 5.74) is 2.55. The summed E-state index contributed by atoms with van der Waals surface area (Å²) in [7, 11) is 1.83. The van der Waals surface area contributed by atoms with Crippen molar-refractivity contribution in [3.63, 3.8) is 0 Å². The lowest BCUT2D eigenvalue weighted by Crippen LogP contribution is -2.22. The molecule has 2 aromatic carbocycles. The van der Waals surface area contributed by atoms with Gasteiger partial charge in [0, 0.05) is 36.6 Å². The molecule has 0 saturated carbocycles. The molecule has 4 aromatic rings. The number of nitrogens with zero attached hydrogens (tertiary/aromatic N) is 4. The third kappa shape index (κ3) is 3.71. The zero-order valence-electron chi connectivity index (χ0n) is 15.7. The number of para-hydroxylation sites is 1. The molecule has 6 nitrogen and oxygen atoms in total. The number of fused-ring (bicyclic) bond motifs is 1. The summed E-state index contributed by atoms with van der Waals surface area (Å²) in [6.45, 7) is -0.0156. The topological polar surface area (TPSA) is 69.2 Å². The highest BCUT2D eigenvalue weighted by Crippen LogP contribution is 2.20. The van der Waals surface area contributed by atoms with Gasteiger partial charge in [-0.1, -0.05) is 47.3 Å². The van der Waals surface area contributed by atoms with E-state index in [2.05, 4.69) is 22.1 Å². The summed E-state index contributed by atoms with van der Waals surface area (Å²) in [4.78, 5) is 24.2. The molecule has 141 valence electrons. The van der Waals surface area contributed by atoms with Crippen LogP contribution in [0.25, 0.3) is 16.5 Å². The minimum Gasteiger partial charge on any atom is -0.280 e. The summed E-state index contributed by atoms with van der Waals surface area (Å²) in [6, 6.07) is 16.8. The van der Waals surface area contributed by atoms with Gasteiger partial charge in [0.2, 0.25) is 0 Å². The monoisotopic (exact) mass is 381 g/mol. The van der Waals surface area contributed by atoms with E-state index in [-0.39, 0.29) is 12.1 Å². The highest BCUT2D eigenvalue weighted by molar-refractivity contribution is 5.88. The molecule has 6 heteroatoms. The fourth-order valence-corrected chi connectivity index (χ4v) is 3.24. The van der Waals surface area contributed by atoms with Crippen LogP contribution in [0.3, 0.4) is 0 Å². The fraction of sp³-hybridized carbons (Fsp3) is 0.0870. The van der Waals surface area contributed by atoms with Gasteiger partial charge in [-0.3, -0.25) is 14.0 Å². The van der Waals surface area contributed by atoms with Crippen LogP contribution in [0.2, 0.25) is 0 Å². The Kier molecular flexibility index (Phi) is 5.04. The average Bonchev–Trinajstić information content (AvgIpc) is 3.16. The smallest absolute Gasteiger partial charge is 0.264 e. The Morgan fingerprint density at radius 1 is 1.10 bits per heavy atom. The van der Waals surface area contributed by atoms with E-state index < -0.39 is 0 Å². The van der Waals surface area contributed by atoms with E-state index in [9.17, 15) is 9.70 Å². The van der Waals surface area contributed by atoms with Crippen molar-refractivity contribution in [1.82, 2.24) is 14.3 Å². The summed E-state index contributed by atoms with van der Waals surface area (Å²) in [5, 5.41) is 8.31. The highest BCUT2D eigenvalue weighted by atomic mass is 16.3. The molecule has 0 unspecified atom stereocenters. The Morgan fingerprint density at radius 2 is 1.93 bits per heavy atom. The van der Waals surface area contributed by atoms with Gasteiger partial charge in [0.25, 0.3) is 5.56 Å². The van der Waals surface area contributed by atoms with Crippen molar-refractivity contribution in [2.75, 3.05) is 6.54 Å². The van der Waals surface area contributed by atoms with Crippen molar-refractivity contribution in [1.29, 1.82) is 0 Å². The second-order valence-electron chi connectivity index (χ2n) is 6.48. The van der Waals surface area contributed by atoms with Crippen LogP contribution in [-0.2, 0) is 7.05 Å². The number of aryl methyl sites for hydroxylation is 1. The van der Waals surface area contributed by atoms with Crippen LogP contribution in [0, 0.1) is 23.2 Å². The number of aromatic nitrogens is 3. The summed E-state index contributed by atoms with van der Waals surface area (Å²) in [6.07, 6.45) is 5.15. The maximum Gasteiger partial charge on any atom is 0.264 e. The Hall–Kier alpha value is -3.98. The van der Waals surface area contributed by atoms with Gasteiger partial charge < -0.3 is 0 Å². The van der Waals surface area contributed by atoms with Crippen LogP contribution >= 0.6 is 0 Å². The van der Waals surface area contributed by atoms with Crippen molar-refractivity contribution in [2.45, 2.75) is 0 Å². The van der Waals surface area contributed by atoms with Crippen LogP contribution in [0.5, 0.6) is 0 Å². The predicted molar refractivity (Wildman–Crippen MR) is 113 cm³/mol. The Morgan fingerprint density at radius 3 is 2.66 bits per heavy atom. The van der Waals surface area contributed by atoms with E-state index in [1.165, 1.54) is 0 Å². The van der Waals surface area contributed by atoms with Gasteiger partial charge in [0.1, 0.15) is 0 Å². The van der Waals surface area contributed by atoms with Gasteiger partial charge in [-0.25, -0.2) is 0 Å². The number of hydrogen-bond donors (Lipinski definition) is 0. The Labute approximate surface area is 167 Å². The van der Waals surface area contributed by atoms with Crippen LogP contribution in [-0.4, -0.2) is 20.9 Å². The van der Waals surface area contributed by atoms with Gasteiger partial charge >= 0.3 is 0 Å². The first-order valence-corrected chi connectivity index (χ1v) is 9.04. The lowest BCUT2D eigenvalue weighted by molar-refractivity contribution is 0.767. The second-order valence-corrected chi connectivity index (χ2v) is 6.48. The molecule has 0 spiro atoms. The van der Waals surface area contributed by atoms with E-state index in [4.69, 9.17) is 0 Å². The Balaban J connectivity index is 1.95. The van der Waals surface area contributed by atoms with E-state index in [1.807, 2.05) is 67.8 Å². The lowest BCUT2D eigenvalue weighted by Gasteiger charge is -2.14. The van der Waals surface area contributed by atoms with Crippen LogP contribution in [0.1, 0.15) is 16.8 Å². The summed E-state index contributed by atoms with van der Waals surface area (Å²) < 4.78 is 3.27. The first kappa shape index (κ1) is 18.4. The number of hydrogen-bond acceptors (Lipinski definition) is 4. The Bertz CT molecular complexity index is 1310. The van der Waals surface area contributed by atoms with Crippen LogP contribution in [0.15, 0.2) is 77.0 Å². The van der Waals surface area contributed by atoms with E-state index in [0.29, 0.717) is 22.3 Å². The third-order valence-electron chi connectivity index (χ3n) is 4.51. The lowest BCUT2D eigenvalue weighted by atomic mass is 10.0. The molecule has 0 atom stereocenters. The zero-order chi connectivity index (χ0) is 20.2. The normalized spacial score (nSPS) is 10.5. The van der Waals surface area contributed by atoms with Crippen LogP contribution < -0.4 is 5.56 Å². The minimum absolute atomic E-state index is 0.0156. The first-order chi connectivity index (χ1) is 14.2. The molecule has 0 saturated heterocycles. The molecule has 2 heterocycles. The number of nitroso groups, excluding NO2 is 1. The second kappa shape index (κ2) is 7.95. The van der Waals surface area contributed by atoms with Gasteiger partial charge in [-0.2, -0.15) is 10.0 Å². The van der Waals surface area contributed by atoms with Gasteiger partial charge in [0.05, 0.1) is 23.7 Å². The summed E-state index contributed by atoms with van der Waals surface area (Å²) >= 11 is 0. The SMILES string of the molecule is Cn1cc(C#Cc2cccc3cc([CH]CN=O)n(-c4ccccc4)c(=O)c23)cn1. The molecule has 4 rings (SSSR count). The fourth-order valence-electron chi connectivity index (χ4n) is 3.24. The zero-order valence-corrected chi connectivity index (χ0v) is 15.7. The first-order valence-electron chi connectivity index (χ1n) is 9.04. The van der Waals surface area contributed by atoms with Gasteiger partial charge in [0.15, 0.2) is 0 Å². The maximum atomic E-state index is 13.5. The number of pyridine rings is 1. The molecular formula is C23H17N4O2. The maximum absolute atomic E-state index is 13.5. The van der Waals surface area contributed by atoms with Crippen molar-refractivity contribution in [3.05, 3.63) is 105 Å². The van der Waals surface area contributed by atoms with Crippen molar-refractivity contribution < 1.29 is 0 Å². The third-order valence-corrected chi connectivity index (χ3v) is 4.51. The molecule has 0 aliphatic carbocycles.